The van der Waals surface area contributed by atoms with Crippen molar-refractivity contribution in [1.82, 2.24) is 0 Å². The zero-order valence-corrected chi connectivity index (χ0v) is 35.1. The fourth-order valence-electron chi connectivity index (χ4n) is 15.3. The number of amides is 1. The van der Waals surface area contributed by atoms with Gasteiger partial charge in [0.2, 0.25) is 5.91 Å². The van der Waals surface area contributed by atoms with Crippen LogP contribution in [0.25, 0.3) is 0 Å². The number of ketones is 1. The molecule has 7 fully saturated rings. The molecule has 0 unspecified atom stereocenters. The average Bonchev–Trinajstić information content (AvgIpc) is 3.65. The molecular weight excluding hydrogens is 719 g/mol. The van der Waals surface area contributed by atoms with Crippen LogP contribution in [0.5, 0.6) is 5.75 Å². The Balaban J connectivity index is 1.07. The molecule has 0 radical (unpaired) electrons. The number of rotatable bonds is 8. The summed E-state index contributed by atoms with van der Waals surface area (Å²) < 4.78 is 6.33. The van der Waals surface area contributed by atoms with Crippen molar-refractivity contribution < 1.29 is 39.9 Å². The van der Waals surface area contributed by atoms with E-state index in [-0.39, 0.29) is 64.7 Å². The van der Waals surface area contributed by atoms with Crippen molar-refractivity contribution in [1.29, 1.82) is 0 Å². The highest BCUT2D eigenvalue weighted by molar-refractivity contribution is 6.01. The van der Waals surface area contributed by atoms with Crippen LogP contribution in [-0.4, -0.2) is 79.4 Å². The fraction of sp³-hybridized carbons (Fsp3) is 0.792. The normalized spacial score (nSPS) is 42.2. The van der Waals surface area contributed by atoms with Gasteiger partial charge in [-0.2, -0.15) is 0 Å². The largest absolute Gasteiger partial charge is 0.508 e. The molecule has 9 rings (SSSR count). The Bertz CT molecular complexity index is 1810. The number of aliphatic hydroxyl groups excluding tert-OH is 2. The molecule has 1 aromatic carbocycles. The second-order valence-corrected chi connectivity index (χ2v) is 21.6. The Morgan fingerprint density at radius 1 is 0.912 bits per heavy atom. The molecule has 6 aliphatic carbocycles. The van der Waals surface area contributed by atoms with Gasteiger partial charge in [-0.15, -0.1) is 0 Å². The molecule has 2 saturated heterocycles. The fourth-order valence-corrected chi connectivity index (χ4v) is 15.3. The highest BCUT2D eigenvalue weighted by atomic mass is 16.6. The van der Waals surface area contributed by atoms with Gasteiger partial charge in [-0.1, -0.05) is 59.8 Å². The van der Waals surface area contributed by atoms with E-state index in [0.717, 1.165) is 55.3 Å². The van der Waals surface area contributed by atoms with E-state index in [2.05, 4.69) is 33.8 Å². The van der Waals surface area contributed by atoms with Crippen molar-refractivity contribution in [2.75, 3.05) is 11.4 Å². The van der Waals surface area contributed by atoms with Gasteiger partial charge < -0.3 is 35.2 Å². The summed E-state index contributed by atoms with van der Waals surface area (Å²) in [6.07, 6.45) is 13.0. The molecule has 2 heterocycles. The van der Waals surface area contributed by atoms with Gasteiger partial charge in [0, 0.05) is 35.0 Å². The number of carbonyl (C=O) groups excluding carboxylic acids is 2. The third kappa shape index (κ3) is 5.70. The molecule has 5 N–H and O–H groups in total. The monoisotopic (exact) mass is 788 g/mol. The molecule has 9 nitrogen and oxygen atoms in total. The third-order valence-electron chi connectivity index (χ3n) is 18.7. The highest BCUT2D eigenvalue weighted by Crippen LogP contribution is 2.71. The van der Waals surface area contributed by atoms with Crippen LogP contribution >= 0.6 is 0 Å². The van der Waals surface area contributed by atoms with E-state index in [1.807, 2.05) is 11.8 Å². The molecule has 8 aliphatic rings. The number of phenols is 1. The van der Waals surface area contributed by atoms with Gasteiger partial charge in [-0.05, 0) is 142 Å². The second-order valence-electron chi connectivity index (χ2n) is 21.6. The number of aliphatic hydroxyl groups is 4. The van der Waals surface area contributed by atoms with Gasteiger partial charge in [0.1, 0.15) is 11.9 Å². The van der Waals surface area contributed by atoms with Crippen LogP contribution in [0.2, 0.25) is 0 Å². The SMILES string of the molecule is CC(C)[C@@H](C)[C@H]1O[C@H]1[C@](C)(O)[C@@H]1CC[C@]2(O)C3=CC(=O)[C@H]4C[C@@H](O)[C@@H](O)C[C@]4(C)[C@@H]3CC[C@]12CCc1cc(O)cc(N2CC3(CCCC3)C3(CCCCC3)C2=O)c1. The number of hydrogen-bond acceptors (Lipinski definition) is 8. The first kappa shape index (κ1) is 40.1. The number of aromatic hydroxyl groups is 1. The summed E-state index contributed by atoms with van der Waals surface area (Å²) in [7, 11) is 0. The number of aryl methyl sites for hydroxylation is 1. The first-order chi connectivity index (χ1) is 26.9. The molecule has 57 heavy (non-hydrogen) atoms. The second kappa shape index (κ2) is 13.6. The summed E-state index contributed by atoms with van der Waals surface area (Å²) >= 11 is 0. The lowest BCUT2D eigenvalue weighted by molar-refractivity contribution is -0.168. The Labute approximate surface area is 339 Å². The summed E-state index contributed by atoms with van der Waals surface area (Å²) in [4.78, 5) is 30.7. The molecule has 12 atom stereocenters. The summed E-state index contributed by atoms with van der Waals surface area (Å²) in [5.74, 6) is 0.0252. The predicted octanol–water partition coefficient (Wildman–Crippen LogP) is 7.18. The lowest BCUT2D eigenvalue weighted by Gasteiger charge is -2.61. The molecule has 5 saturated carbocycles. The van der Waals surface area contributed by atoms with Gasteiger partial charge >= 0.3 is 0 Å². The van der Waals surface area contributed by atoms with Gasteiger partial charge in [0.15, 0.2) is 5.78 Å². The molecule has 314 valence electrons. The van der Waals surface area contributed by atoms with Crippen molar-refractivity contribution in [3.8, 4) is 5.75 Å². The first-order valence-corrected chi connectivity index (χ1v) is 22.8. The van der Waals surface area contributed by atoms with Crippen molar-refractivity contribution in [2.24, 2.45) is 51.2 Å². The van der Waals surface area contributed by atoms with Crippen LogP contribution in [-0.2, 0) is 20.7 Å². The van der Waals surface area contributed by atoms with Crippen LogP contribution in [0.3, 0.4) is 0 Å². The molecule has 1 amide bonds. The van der Waals surface area contributed by atoms with Crippen molar-refractivity contribution >= 4 is 17.4 Å². The summed E-state index contributed by atoms with van der Waals surface area (Å²) in [6.45, 7) is 11.2. The van der Waals surface area contributed by atoms with E-state index in [4.69, 9.17) is 4.74 Å². The van der Waals surface area contributed by atoms with Gasteiger partial charge in [-0.25, -0.2) is 0 Å². The number of fused-ring (bicyclic) bond motifs is 6. The number of anilines is 1. The number of epoxide rings is 1. The number of hydrogen-bond donors (Lipinski definition) is 5. The Morgan fingerprint density at radius 2 is 1.61 bits per heavy atom. The van der Waals surface area contributed by atoms with E-state index < -0.39 is 40.2 Å². The number of allylic oxidation sites excluding steroid dienone is 1. The van der Waals surface area contributed by atoms with E-state index in [9.17, 15) is 35.1 Å². The maximum Gasteiger partial charge on any atom is 0.233 e. The van der Waals surface area contributed by atoms with Crippen LogP contribution in [0.1, 0.15) is 143 Å². The zero-order valence-electron chi connectivity index (χ0n) is 35.1. The summed E-state index contributed by atoms with van der Waals surface area (Å²) in [5, 5.41) is 59.1. The maximum absolute atomic E-state index is 14.6. The van der Waals surface area contributed by atoms with E-state index >= 15 is 0 Å². The standard InChI is InChI=1S/C48H69NO8/c1-28(2)29(3)40-41(57-40)44(5,55)39-13-20-48(56)34-24-36(51)35-25-37(52)38(53)26-43(35,4)33(34)12-19-46(39,48)18-11-30-21-31(23-32(50)22-30)49-27-45(14-9-10-15-45)47(42(49)54)16-7-6-8-17-47/h21-24,28-29,33,35,37-41,50,52-53,55-56H,6-20,25-27H2,1-5H3/t29-,33-,35-,37-,38+,39+,40-,41-,43-,44-,46-,48+/m1/s1. The maximum atomic E-state index is 14.6. The minimum Gasteiger partial charge on any atom is -0.508 e. The number of nitrogens with zero attached hydrogens (tertiary/aromatic N) is 1. The minimum absolute atomic E-state index is 0.00402. The molecule has 2 aliphatic heterocycles. The Hall–Kier alpha value is -2.30. The third-order valence-corrected chi connectivity index (χ3v) is 18.7. The highest BCUT2D eigenvalue weighted by Gasteiger charge is 2.72. The van der Waals surface area contributed by atoms with E-state index in [1.54, 1.807) is 18.2 Å². The molecule has 2 spiro atoms. The van der Waals surface area contributed by atoms with Crippen molar-refractivity contribution in [3.05, 3.63) is 35.4 Å². The lowest BCUT2D eigenvalue weighted by atomic mass is 9.44. The van der Waals surface area contributed by atoms with Crippen LogP contribution < -0.4 is 4.90 Å². The number of ether oxygens (including phenoxy) is 1. The Kier molecular flexibility index (Phi) is 9.58. The molecule has 9 heteroatoms. The Morgan fingerprint density at radius 3 is 2.32 bits per heavy atom. The van der Waals surface area contributed by atoms with Crippen LogP contribution in [0.4, 0.5) is 5.69 Å². The van der Waals surface area contributed by atoms with Gasteiger partial charge in [0.25, 0.3) is 0 Å². The van der Waals surface area contributed by atoms with E-state index in [1.165, 1.54) is 19.3 Å². The predicted molar refractivity (Wildman–Crippen MR) is 217 cm³/mol. The van der Waals surface area contributed by atoms with Crippen molar-refractivity contribution in [2.45, 2.75) is 179 Å². The van der Waals surface area contributed by atoms with Gasteiger partial charge in [0.05, 0.1) is 34.9 Å². The molecule has 0 aromatic heterocycles. The van der Waals surface area contributed by atoms with Crippen LogP contribution in [0.15, 0.2) is 29.8 Å². The number of benzene rings is 1. The number of phenolic OH excluding ortho intramolecular Hbond substituents is 1. The van der Waals surface area contributed by atoms with Crippen molar-refractivity contribution in [3.63, 3.8) is 0 Å². The molecular formula is C48H69NO8. The van der Waals surface area contributed by atoms with Crippen LogP contribution in [0, 0.1) is 51.2 Å². The molecule has 0 bridgehead atoms. The average molecular weight is 788 g/mol. The summed E-state index contributed by atoms with van der Waals surface area (Å²) in [6, 6.07) is 5.63. The first-order valence-electron chi connectivity index (χ1n) is 22.8. The summed E-state index contributed by atoms with van der Waals surface area (Å²) in [5.41, 5.74) is -1.95. The molecule has 1 aromatic rings. The topological polar surface area (TPSA) is 151 Å². The number of carbonyl (C=O) groups is 2. The minimum atomic E-state index is -1.38. The smallest absolute Gasteiger partial charge is 0.233 e. The lowest BCUT2D eigenvalue weighted by Crippen LogP contribution is -2.63. The van der Waals surface area contributed by atoms with Gasteiger partial charge in [-0.3, -0.25) is 9.59 Å². The van der Waals surface area contributed by atoms with E-state index in [0.29, 0.717) is 57.4 Å². The quantitative estimate of drug-likeness (QED) is 0.174. The zero-order chi connectivity index (χ0) is 40.5.